The molecule has 1 atom stereocenters. The molecule has 0 aliphatic carbocycles. The minimum absolute atomic E-state index is 0.164. The first kappa shape index (κ1) is 25.9. The summed E-state index contributed by atoms with van der Waals surface area (Å²) in [4.78, 5) is 22.4. The van der Waals surface area contributed by atoms with Gasteiger partial charge in [-0.1, -0.05) is 109 Å². The summed E-state index contributed by atoms with van der Waals surface area (Å²) >= 11 is 0. The summed E-state index contributed by atoms with van der Waals surface area (Å²) in [5.41, 5.74) is 0. The Hall–Kier alpha value is -1.12. The fraction of sp³-hybridized carbons (Fsp3) is 0.846. The van der Waals surface area contributed by atoms with Gasteiger partial charge >= 0.3 is 11.9 Å². The molecule has 0 radical (unpaired) electrons. The Balaban J connectivity index is 1.73. The number of cyclic esters (lactones) is 2. The van der Waals surface area contributed by atoms with Gasteiger partial charge < -0.3 is 4.74 Å². The molecule has 0 aromatic rings. The van der Waals surface area contributed by atoms with Crippen molar-refractivity contribution >= 4 is 11.9 Å². The van der Waals surface area contributed by atoms with Crippen molar-refractivity contribution < 1.29 is 14.3 Å². The maximum absolute atomic E-state index is 11.4. The molecule has 1 rings (SSSR count). The van der Waals surface area contributed by atoms with Crippen LogP contribution in [0.25, 0.3) is 0 Å². The highest BCUT2D eigenvalue weighted by molar-refractivity contribution is 5.94. The molecule has 0 amide bonds. The van der Waals surface area contributed by atoms with E-state index in [4.69, 9.17) is 0 Å². The van der Waals surface area contributed by atoms with Crippen LogP contribution < -0.4 is 0 Å². The van der Waals surface area contributed by atoms with E-state index in [-0.39, 0.29) is 17.9 Å². The summed E-state index contributed by atoms with van der Waals surface area (Å²) in [7, 11) is 0. The third-order valence-corrected chi connectivity index (χ3v) is 6.03. The van der Waals surface area contributed by atoms with E-state index in [1.54, 1.807) is 0 Å². The highest BCUT2D eigenvalue weighted by Gasteiger charge is 2.32. The lowest BCUT2D eigenvalue weighted by molar-refractivity contribution is -0.153. The molecule has 0 bridgehead atoms. The van der Waals surface area contributed by atoms with E-state index in [1.165, 1.54) is 103 Å². The van der Waals surface area contributed by atoms with Crippen LogP contribution in [0.1, 0.15) is 135 Å². The van der Waals surface area contributed by atoms with Crippen molar-refractivity contribution in [3.63, 3.8) is 0 Å². The van der Waals surface area contributed by atoms with Crippen LogP contribution in [0.15, 0.2) is 12.2 Å². The molecule has 3 nitrogen and oxygen atoms in total. The van der Waals surface area contributed by atoms with Gasteiger partial charge in [0.2, 0.25) is 0 Å². The van der Waals surface area contributed by atoms with Crippen molar-refractivity contribution in [3.8, 4) is 0 Å². The van der Waals surface area contributed by atoms with E-state index in [2.05, 4.69) is 23.8 Å². The number of allylic oxidation sites excluding steroid dienone is 2. The molecule has 1 heterocycles. The fourth-order valence-corrected chi connectivity index (χ4v) is 4.09. The average molecular weight is 407 g/mol. The molecular formula is C26H46O3. The molecule has 168 valence electrons. The van der Waals surface area contributed by atoms with Gasteiger partial charge in [0.1, 0.15) is 0 Å². The van der Waals surface area contributed by atoms with Crippen LogP contribution in [0.3, 0.4) is 0 Å². The Morgan fingerprint density at radius 2 is 1.14 bits per heavy atom. The zero-order valence-corrected chi connectivity index (χ0v) is 19.1. The number of carbonyl (C=O) groups excluding carboxylic acids is 2. The van der Waals surface area contributed by atoms with Gasteiger partial charge in [-0.15, -0.1) is 0 Å². The molecule has 0 N–H and O–H groups in total. The van der Waals surface area contributed by atoms with Crippen molar-refractivity contribution in [3.05, 3.63) is 12.2 Å². The molecule has 0 spiro atoms. The summed E-state index contributed by atoms with van der Waals surface area (Å²) in [5.74, 6) is -0.816. The summed E-state index contributed by atoms with van der Waals surface area (Å²) in [6.07, 6.45) is 29.7. The Bertz CT molecular complexity index is 441. The number of hydrogen-bond acceptors (Lipinski definition) is 3. The summed E-state index contributed by atoms with van der Waals surface area (Å²) in [6.45, 7) is 2.28. The van der Waals surface area contributed by atoms with Crippen molar-refractivity contribution in [1.29, 1.82) is 0 Å². The zero-order chi connectivity index (χ0) is 21.0. The number of unbranched alkanes of at least 4 members (excludes halogenated alkanes) is 16. The smallest absolute Gasteiger partial charge is 0.317 e. The van der Waals surface area contributed by atoms with Crippen LogP contribution in [-0.4, -0.2) is 11.9 Å². The van der Waals surface area contributed by atoms with Crippen molar-refractivity contribution in [2.45, 2.75) is 135 Å². The first-order valence-corrected chi connectivity index (χ1v) is 12.6. The van der Waals surface area contributed by atoms with E-state index in [0.29, 0.717) is 6.42 Å². The van der Waals surface area contributed by atoms with E-state index in [9.17, 15) is 9.59 Å². The first-order chi connectivity index (χ1) is 14.2. The molecule has 1 fully saturated rings. The third-order valence-electron chi connectivity index (χ3n) is 6.03. The Labute approximate surface area is 180 Å². The van der Waals surface area contributed by atoms with Crippen molar-refractivity contribution in [1.82, 2.24) is 0 Å². The van der Waals surface area contributed by atoms with Crippen molar-refractivity contribution in [2.24, 2.45) is 5.92 Å². The SMILES string of the molecule is CCCCCCCCCCCC/C=C/CCCCCCCCC1CC(=O)OC1=O. The fourth-order valence-electron chi connectivity index (χ4n) is 4.09. The molecule has 0 aromatic carbocycles. The topological polar surface area (TPSA) is 43.4 Å². The van der Waals surface area contributed by atoms with E-state index >= 15 is 0 Å². The third kappa shape index (κ3) is 15.4. The lowest BCUT2D eigenvalue weighted by Crippen LogP contribution is -2.06. The second-order valence-corrected chi connectivity index (χ2v) is 8.83. The van der Waals surface area contributed by atoms with Gasteiger partial charge in [0, 0.05) is 0 Å². The number of rotatable bonds is 20. The summed E-state index contributed by atoms with van der Waals surface area (Å²) in [5, 5.41) is 0. The van der Waals surface area contributed by atoms with Crippen LogP contribution in [0, 0.1) is 5.92 Å². The van der Waals surface area contributed by atoms with Crippen LogP contribution in [-0.2, 0) is 14.3 Å². The summed E-state index contributed by atoms with van der Waals surface area (Å²) in [6, 6.07) is 0. The van der Waals surface area contributed by atoms with Crippen LogP contribution in [0.4, 0.5) is 0 Å². The van der Waals surface area contributed by atoms with Crippen LogP contribution >= 0.6 is 0 Å². The van der Waals surface area contributed by atoms with Crippen LogP contribution in [0.2, 0.25) is 0 Å². The second-order valence-electron chi connectivity index (χ2n) is 8.83. The lowest BCUT2D eigenvalue weighted by atomic mass is 9.99. The summed E-state index contributed by atoms with van der Waals surface area (Å²) < 4.78 is 4.58. The molecule has 3 heteroatoms. The minimum Gasteiger partial charge on any atom is -0.393 e. The highest BCUT2D eigenvalue weighted by Crippen LogP contribution is 2.22. The molecule has 1 aliphatic rings. The maximum Gasteiger partial charge on any atom is 0.317 e. The molecule has 1 aliphatic heterocycles. The quantitative estimate of drug-likeness (QED) is 0.0888. The van der Waals surface area contributed by atoms with Gasteiger partial charge in [-0.25, -0.2) is 0 Å². The van der Waals surface area contributed by atoms with Gasteiger partial charge in [-0.2, -0.15) is 0 Å². The van der Waals surface area contributed by atoms with Gasteiger partial charge in [0.15, 0.2) is 0 Å². The molecule has 1 unspecified atom stereocenters. The predicted octanol–water partition coefficient (Wildman–Crippen LogP) is 8.06. The average Bonchev–Trinajstić information content (AvgIpc) is 3.03. The van der Waals surface area contributed by atoms with Crippen LogP contribution in [0.5, 0.6) is 0 Å². The lowest BCUT2D eigenvalue weighted by Gasteiger charge is -2.04. The highest BCUT2D eigenvalue weighted by atomic mass is 16.6. The van der Waals surface area contributed by atoms with E-state index in [0.717, 1.165) is 19.3 Å². The monoisotopic (exact) mass is 406 g/mol. The molecule has 1 saturated heterocycles. The van der Waals surface area contributed by atoms with Gasteiger partial charge in [-0.3, -0.25) is 9.59 Å². The van der Waals surface area contributed by atoms with Gasteiger partial charge in [0.05, 0.1) is 12.3 Å². The number of hydrogen-bond donors (Lipinski definition) is 0. The Morgan fingerprint density at radius 3 is 1.59 bits per heavy atom. The molecule has 29 heavy (non-hydrogen) atoms. The second kappa shape index (κ2) is 18.9. The van der Waals surface area contributed by atoms with E-state index in [1.807, 2.05) is 0 Å². The zero-order valence-electron chi connectivity index (χ0n) is 19.1. The van der Waals surface area contributed by atoms with Gasteiger partial charge in [0.25, 0.3) is 0 Å². The molecule has 0 aromatic heterocycles. The normalized spacial score (nSPS) is 16.8. The molecule has 0 saturated carbocycles. The van der Waals surface area contributed by atoms with E-state index < -0.39 is 0 Å². The standard InChI is InChI=1S/C26H46O3/c1-2-3-4-5-6-7-8-9-10-11-12-13-14-15-16-17-18-19-20-21-22-24-23-25(27)29-26(24)28/h13-14,24H,2-12,15-23H2,1H3/b14-13+. The van der Waals surface area contributed by atoms with Crippen molar-refractivity contribution in [2.75, 3.05) is 0 Å². The molecular weight excluding hydrogens is 360 g/mol. The largest absolute Gasteiger partial charge is 0.393 e. The Morgan fingerprint density at radius 1 is 0.690 bits per heavy atom. The number of ether oxygens (including phenoxy) is 1. The first-order valence-electron chi connectivity index (χ1n) is 12.6. The number of esters is 2. The predicted molar refractivity (Wildman–Crippen MR) is 122 cm³/mol. The number of carbonyl (C=O) groups is 2. The Kier molecular flexibility index (Phi) is 16.9. The minimum atomic E-state index is -0.346. The van der Waals surface area contributed by atoms with Gasteiger partial charge in [-0.05, 0) is 32.1 Å². The maximum atomic E-state index is 11.4.